The first-order valence-electron chi connectivity index (χ1n) is 4.29. The van der Waals surface area contributed by atoms with Crippen LogP contribution in [0.3, 0.4) is 0 Å². The van der Waals surface area contributed by atoms with Gasteiger partial charge in [0.2, 0.25) is 0 Å². The summed E-state index contributed by atoms with van der Waals surface area (Å²) in [7, 11) is 1.69. The van der Waals surface area contributed by atoms with E-state index in [4.69, 9.17) is 5.11 Å². The van der Waals surface area contributed by atoms with Gasteiger partial charge in [-0.3, -0.25) is 4.79 Å². The molecule has 0 amide bonds. The molecule has 0 aromatic rings. The average molecular weight is 223 g/mol. The summed E-state index contributed by atoms with van der Waals surface area (Å²) >= 11 is 7.33. The van der Waals surface area contributed by atoms with Crippen molar-refractivity contribution in [3.8, 4) is 0 Å². The molecule has 13 heavy (non-hydrogen) atoms. The van der Waals surface area contributed by atoms with Gasteiger partial charge in [-0.15, -0.1) is 0 Å². The maximum absolute atomic E-state index is 10.5. The third kappa shape index (κ3) is 9.79. The molecule has 0 saturated carbocycles. The number of likely N-dealkylation sites (N-methyl/N-ethyl adjacent to an activating group) is 1. The Morgan fingerprint density at radius 1 is 1.46 bits per heavy atom. The quantitative estimate of drug-likeness (QED) is 0.663. The van der Waals surface area contributed by atoms with Gasteiger partial charge < -0.3 is 10.4 Å². The molecule has 5 heteroatoms. The summed E-state index contributed by atoms with van der Waals surface area (Å²) in [5.41, 5.74) is 0. The van der Waals surface area contributed by atoms with Gasteiger partial charge in [0.1, 0.15) is 6.04 Å². The first-order chi connectivity index (χ1) is 6.22. The molecule has 0 aromatic heterocycles. The van der Waals surface area contributed by atoms with Gasteiger partial charge in [-0.05, 0) is 13.5 Å². The number of carboxylic acids is 1. The Morgan fingerprint density at radius 2 is 2.00 bits per heavy atom. The lowest BCUT2D eigenvalue weighted by Crippen LogP contribution is -2.33. The summed E-state index contributed by atoms with van der Waals surface area (Å²) in [4.78, 5) is 10.5. The molecule has 0 unspecified atom stereocenters. The highest BCUT2D eigenvalue weighted by Gasteiger charge is 2.12. The van der Waals surface area contributed by atoms with Crippen LogP contribution in [-0.2, 0) is 27.2 Å². The number of aliphatic carboxylic acids is 1. The van der Waals surface area contributed by atoms with Crippen molar-refractivity contribution in [2.75, 3.05) is 7.05 Å². The molecule has 0 aliphatic carbocycles. The van der Waals surface area contributed by atoms with Crippen molar-refractivity contribution in [3.63, 3.8) is 0 Å². The Kier molecular flexibility index (Phi) is 14.0. The standard InChI is InChI=1S/C8H17NO2.S2/c1-3-4-5-6-7(9-2)8(10)11;1-2/h7,9H,3-6H2,1-2H3,(H,10,11);/t7-;/m0./s1. The van der Waals surface area contributed by atoms with Crippen molar-refractivity contribution < 1.29 is 9.90 Å². The monoisotopic (exact) mass is 223 g/mol. The fraction of sp³-hybridized carbons (Fsp3) is 0.875. The lowest BCUT2D eigenvalue weighted by atomic mass is 10.1. The minimum absolute atomic E-state index is 0.360. The molecule has 0 aliphatic rings. The number of nitrogens with one attached hydrogen (secondary N) is 1. The summed E-state index contributed by atoms with van der Waals surface area (Å²) in [6.45, 7) is 2.11. The fourth-order valence-electron chi connectivity index (χ4n) is 0.990. The molecule has 0 aromatic carbocycles. The van der Waals surface area contributed by atoms with Gasteiger partial charge in [-0.2, -0.15) is 0 Å². The van der Waals surface area contributed by atoms with E-state index in [2.05, 4.69) is 34.6 Å². The molecular weight excluding hydrogens is 206 g/mol. The molecule has 3 nitrogen and oxygen atoms in total. The Bertz CT molecular complexity index is 133. The van der Waals surface area contributed by atoms with E-state index < -0.39 is 5.97 Å². The van der Waals surface area contributed by atoms with E-state index in [1.807, 2.05) is 0 Å². The van der Waals surface area contributed by atoms with Crippen LogP contribution in [0.15, 0.2) is 0 Å². The molecule has 0 heterocycles. The van der Waals surface area contributed by atoms with Gasteiger partial charge in [0.25, 0.3) is 0 Å². The average Bonchev–Trinajstić information content (AvgIpc) is 2.15. The zero-order valence-corrected chi connectivity index (χ0v) is 9.71. The molecule has 0 radical (unpaired) electrons. The Hall–Kier alpha value is -0.130. The van der Waals surface area contributed by atoms with Crippen LogP contribution in [0.1, 0.15) is 32.6 Å². The Labute approximate surface area is 89.6 Å². The highest BCUT2D eigenvalue weighted by Crippen LogP contribution is 2.02. The van der Waals surface area contributed by atoms with Gasteiger partial charge in [0.15, 0.2) is 0 Å². The minimum Gasteiger partial charge on any atom is -0.480 e. The van der Waals surface area contributed by atoms with Crippen LogP contribution in [0.2, 0.25) is 0 Å². The van der Waals surface area contributed by atoms with E-state index in [1.54, 1.807) is 7.05 Å². The number of hydrogen-bond donors (Lipinski definition) is 2. The highest BCUT2D eigenvalue weighted by atomic mass is 32.8. The van der Waals surface area contributed by atoms with Crippen molar-refractivity contribution in [1.29, 1.82) is 0 Å². The lowest BCUT2D eigenvalue weighted by molar-refractivity contribution is -0.139. The molecule has 2 N–H and O–H groups in total. The zero-order chi connectivity index (χ0) is 10.7. The maximum atomic E-state index is 10.5. The number of carbonyl (C=O) groups is 1. The smallest absolute Gasteiger partial charge is 0.320 e. The minimum atomic E-state index is -0.747. The van der Waals surface area contributed by atoms with E-state index in [9.17, 15) is 4.79 Å². The van der Waals surface area contributed by atoms with Gasteiger partial charge >= 0.3 is 5.97 Å². The van der Waals surface area contributed by atoms with Gasteiger partial charge in [-0.1, -0.05) is 26.2 Å². The summed E-state index contributed by atoms with van der Waals surface area (Å²) in [6, 6.07) is -0.360. The summed E-state index contributed by atoms with van der Waals surface area (Å²) in [5, 5.41) is 11.4. The van der Waals surface area contributed by atoms with E-state index in [1.165, 1.54) is 0 Å². The number of unbranched alkanes of at least 4 members (excludes halogenated alkanes) is 2. The summed E-state index contributed by atoms with van der Waals surface area (Å²) < 4.78 is 0. The summed E-state index contributed by atoms with van der Waals surface area (Å²) in [5.74, 6) is -0.747. The van der Waals surface area contributed by atoms with Gasteiger partial charge in [0, 0.05) is 22.4 Å². The van der Waals surface area contributed by atoms with Crippen molar-refractivity contribution in [3.05, 3.63) is 0 Å². The predicted molar refractivity (Wildman–Crippen MR) is 59.4 cm³/mol. The molecule has 0 aliphatic heterocycles. The lowest BCUT2D eigenvalue weighted by Gasteiger charge is -2.09. The molecule has 0 fully saturated rings. The SMILES string of the molecule is CCCCC[C@H](NC)C(=O)O.S=S. The molecular formula is C8H17NO2S2. The first-order valence-corrected chi connectivity index (χ1v) is 5.62. The van der Waals surface area contributed by atoms with Crippen molar-refractivity contribution >= 4 is 28.3 Å². The van der Waals surface area contributed by atoms with E-state index in [0.717, 1.165) is 25.7 Å². The zero-order valence-electron chi connectivity index (χ0n) is 8.08. The first kappa shape index (κ1) is 15.3. The Morgan fingerprint density at radius 3 is 2.31 bits per heavy atom. The van der Waals surface area contributed by atoms with Crippen LogP contribution in [0, 0.1) is 0 Å². The largest absolute Gasteiger partial charge is 0.480 e. The molecule has 0 rings (SSSR count). The molecule has 0 saturated heterocycles. The van der Waals surface area contributed by atoms with E-state index in [0.29, 0.717) is 0 Å². The van der Waals surface area contributed by atoms with Crippen LogP contribution in [-0.4, -0.2) is 24.2 Å². The van der Waals surface area contributed by atoms with Crippen LogP contribution >= 0.6 is 0 Å². The van der Waals surface area contributed by atoms with Gasteiger partial charge in [-0.25, -0.2) is 0 Å². The molecule has 0 bridgehead atoms. The van der Waals surface area contributed by atoms with E-state index >= 15 is 0 Å². The van der Waals surface area contributed by atoms with E-state index in [-0.39, 0.29) is 6.04 Å². The van der Waals surface area contributed by atoms with Crippen LogP contribution in [0.4, 0.5) is 0 Å². The second-order valence-corrected chi connectivity index (χ2v) is 2.68. The normalized spacial score (nSPS) is 11.2. The molecule has 1 atom stereocenters. The van der Waals surface area contributed by atoms with Crippen molar-refractivity contribution in [2.45, 2.75) is 38.6 Å². The van der Waals surface area contributed by atoms with Crippen molar-refractivity contribution in [2.24, 2.45) is 0 Å². The number of hydrogen-bond acceptors (Lipinski definition) is 4. The maximum Gasteiger partial charge on any atom is 0.320 e. The molecule has 0 spiro atoms. The number of carboxylic acid groups (broad SMARTS) is 1. The third-order valence-corrected chi connectivity index (χ3v) is 1.74. The second kappa shape index (κ2) is 11.9. The van der Waals surface area contributed by atoms with Crippen LogP contribution in [0.5, 0.6) is 0 Å². The van der Waals surface area contributed by atoms with Crippen LogP contribution in [0.25, 0.3) is 0 Å². The highest BCUT2D eigenvalue weighted by molar-refractivity contribution is 8.07. The summed E-state index contributed by atoms with van der Waals surface area (Å²) in [6.07, 6.45) is 3.98. The molecule has 78 valence electrons. The number of rotatable bonds is 6. The van der Waals surface area contributed by atoms with Crippen LogP contribution < -0.4 is 5.32 Å². The van der Waals surface area contributed by atoms with Crippen molar-refractivity contribution in [1.82, 2.24) is 5.32 Å². The second-order valence-electron chi connectivity index (χ2n) is 2.68. The topological polar surface area (TPSA) is 49.3 Å². The third-order valence-electron chi connectivity index (χ3n) is 1.74. The predicted octanol–water partition coefficient (Wildman–Crippen LogP) is 1.23. The fourth-order valence-corrected chi connectivity index (χ4v) is 0.990. The Balaban J connectivity index is 0. The van der Waals surface area contributed by atoms with Gasteiger partial charge in [0.05, 0.1) is 0 Å².